The van der Waals surface area contributed by atoms with Crippen LogP contribution < -0.4 is 10.1 Å². The summed E-state index contributed by atoms with van der Waals surface area (Å²) < 4.78 is 6.82. The van der Waals surface area contributed by atoms with Crippen molar-refractivity contribution in [1.29, 1.82) is 0 Å². The van der Waals surface area contributed by atoms with Gasteiger partial charge in [0, 0.05) is 34.0 Å². The third-order valence-electron chi connectivity index (χ3n) is 5.37. The zero-order valence-corrected chi connectivity index (χ0v) is 20.4. The van der Waals surface area contributed by atoms with Gasteiger partial charge < -0.3 is 10.1 Å². The first-order valence-corrected chi connectivity index (χ1v) is 11.7. The number of carbonyl (C=O) groups excluding carboxylic acids is 2. The third kappa shape index (κ3) is 6.15. The van der Waals surface area contributed by atoms with Gasteiger partial charge in [-0.2, -0.15) is 0 Å². The van der Waals surface area contributed by atoms with Gasteiger partial charge in [-0.3, -0.25) is 14.5 Å². The Morgan fingerprint density at radius 3 is 2.40 bits per heavy atom. The van der Waals surface area contributed by atoms with Crippen LogP contribution in [0.25, 0.3) is 0 Å². The zero-order chi connectivity index (χ0) is 21.7. The number of rotatable bonds is 6. The minimum Gasteiger partial charge on any atom is -0.427 e. The Labute approximate surface area is 194 Å². The molecular weight excluding hydrogens is 512 g/mol. The summed E-state index contributed by atoms with van der Waals surface area (Å²) in [5, 5.41) is 3.05. The standard InChI is InChI=1S/C23H26Br2N2O3/c1-15(28)30-20-10-8-16(9-11-20)23(29)26-22-17(12-18(24)13-21(22)25)14-27(2)19-6-4-3-5-7-19/h8-13,19H,3-7,14H2,1-2H3,(H,26,29). The highest BCUT2D eigenvalue weighted by Crippen LogP contribution is 2.33. The van der Waals surface area contributed by atoms with Crippen molar-refractivity contribution in [3.05, 3.63) is 56.5 Å². The number of hydrogen-bond donors (Lipinski definition) is 1. The van der Waals surface area contributed by atoms with Gasteiger partial charge in [-0.25, -0.2) is 0 Å². The molecular formula is C23H26Br2N2O3. The predicted molar refractivity (Wildman–Crippen MR) is 126 cm³/mol. The van der Waals surface area contributed by atoms with Crippen LogP contribution in [0.2, 0.25) is 0 Å². The zero-order valence-electron chi connectivity index (χ0n) is 17.2. The van der Waals surface area contributed by atoms with Crippen molar-refractivity contribution in [2.75, 3.05) is 12.4 Å². The summed E-state index contributed by atoms with van der Waals surface area (Å²) in [6.07, 6.45) is 6.34. The van der Waals surface area contributed by atoms with E-state index in [0.29, 0.717) is 17.4 Å². The molecule has 0 saturated heterocycles. The largest absolute Gasteiger partial charge is 0.427 e. The monoisotopic (exact) mass is 536 g/mol. The molecule has 1 fully saturated rings. The summed E-state index contributed by atoms with van der Waals surface area (Å²) in [5.74, 6) is -0.189. The lowest BCUT2D eigenvalue weighted by Crippen LogP contribution is -2.33. The molecule has 0 heterocycles. The number of nitrogens with one attached hydrogen (secondary N) is 1. The van der Waals surface area contributed by atoms with Crippen molar-refractivity contribution in [3.8, 4) is 5.75 Å². The maximum absolute atomic E-state index is 12.9. The predicted octanol–water partition coefficient (Wildman–Crippen LogP) is 6.15. The Morgan fingerprint density at radius 1 is 1.10 bits per heavy atom. The number of anilines is 1. The molecule has 5 nitrogen and oxygen atoms in total. The van der Waals surface area contributed by atoms with Crippen LogP contribution in [0.3, 0.4) is 0 Å². The first kappa shape index (κ1) is 23.0. The minimum atomic E-state index is -0.391. The number of benzene rings is 2. The van der Waals surface area contributed by atoms with Gasteiger partial charge in [-0.15, -0.1) is 0 Å². The van der Waals surface area contributed by atoms with E-state index in [0.717, 1.165) is 26.7 Å². The Balaban J connectivity index is 1.77. The van der Waals surface area contributed by atoms with Crippen LogP contribution in [0.1, 0.15) is 54.9 Å². The lowest BCUT2D eigenvalue weighted by atomic mass is 9.94. The molecule has 1 saturated carbocycles. The van der Waals surface area contributed by atoms with Crippen LogP contribution >= 0.6 is 31.9 Å². The van der Waals surface area contributed by atoms with E-state index in [-0.39, 0.29) is 5.91 Å². The molecule has 3 rings (SSSR count). The first-order valence-electron chi connectivity index (χ1n) is 10.1. The lowest BCUT2D eigenvalue weighted by molar-refractivity contribution is -0.131. The van der Waals surface area contributed by atoms with E-state index in [1.807, 2.05) is 6.07 Å². The van der Waals surface area contributed by atoms with Crippen LogP contribution in [0, 0.1) is 0 Å². The van der Waals surface area contributed by atoms with E-state index in [4.69, 9.17) is 4.74 Å². The third-order valence-corrected chi connectivity index (χ3v) is 6.45. The Bertz CT molecular complexity index is 909. The van der Waals surface area contributed by atoms with Gasteiger partial charge in [-0.1, -0.05) is 35.2 Å². The van der Waals surface area contributed by atoms with Crippen LogP contribution in [-0.4, -0.2) is 29.9 Å². The number of hydrogen-bond acceptors (Lipinski definition) is 4. The van der Waals surface area contributed by atoms with E-state index in [2.05, 4.69) is 55.2 Å². The smallest absolute Gasteiger partial charge is 0.308 e. The molecule has 2 aromatic carbocycles. The first-order chi connectivity index (χ1) is 14.3. The van der Waals surface area contributed by atoms with E-state index in [1.165, 1.54) is 39.0 Å². The summed E-state index contributed by atoms with van der Waals surface area (Å²) in [4.78, 5) is 26.3. The van der Waals surface area contributed by atoms with Gasteiger partial charge in [0.2, 0.25) is 0 Å². The molecule has 0 radical (unpaired) electrons. The fourth-order valence-electron chi connectivity index (χ4n) is 3.84. The molecule has 0 aliphatic heterocycles. The molecule has 1 N–H and O–H groups in total. The molecule has 7 heteroatoms. The highest BCUT2D eigenvalue weighted by Gasteiger charge is 2.21. The van der Waals surface area contributed by atoms with Crippen molar-refractivity contribution in [2.45, 2.75) is 51.6 Å². The maximum Gasteiger partial charge on any atom is 0.308 e. The topological polar surface area (TPSA) is 58.6 Å². The summed E-state index contributed by atoms with van der Waals surface area (Å²) >= 11 is 7.17. The average molecular weight is 538 g/mol. The molecule has 0 bridgehead atoms. The van der Waals surface area contributed by atoms with Gasteiger partial charge in [0.15, 0.2) is 0 Å². The summed E-state index contributed by atoms with van der Waals surface area (Å²) in [5.41, 5.74) is 2.32. The van der Waals surface area contributed by atoms with Gasteiger partial charge >= 0.3 is 5.97 Å². The summed E-state index contributed by atoms with van der Waals surface area (Å²) in [6, 6.07) is 11.1. The second-order valence-corrected chi connectivity index (χ2v) is 9.47. The Morgan fingerprint density at radius 2 is 1.77 bits per heavy atom. The summed E-state index contributed by atoms with van der Waals surface area (Å²) in [7, 11) is 2.16. The quantitative estimate of drug-likeness (QED) is 0.354. The van der Waals surface area contributed by atoms with Gasteiger partial charge in [0.1, 0.15) is 5.75 Å². The number of esters is 1. The molecule has 0 aromatic heterocycles. The fraction of sp³-hybridized carbons (Fsp3) is 0.391. The SMILES string of the molecule is CC(=O)Oc1ccc(C(=O)Nc2c(Br)cc(Br)cc2CN(C)C2CCCCC2)cc1. The number of halogens is 2. The molecule has 30 heavy (non-hydrogen) atoms. The number of carbonyl (C=O) groups is 2. The summed E-state index contributed by atoms with van der Waals surface area (Å²) in [6.45, 7) is 2.10. The molecule has 0 unspecified atom stereocenters. The van der Waals surface area contributed by atoms with E-state index >= 15 is 0 Å². The van der Waals surface area contributed by atoms with Crippen LogP contribution in [0.15, 0.2) is 45.3 Å². The fourth-order valence-corrected chi connectivity index (χ4v) is 5.25. The van der Waals surface area contributed by atoms with Gasteiger partial charge in [0.05, 0.1) is 5.69 Å². The molecule has 160 valence electrons. The van der Waals surface area contributed by atoms with Crippen molar-refractivity contribution in [3.63, 3.8) is 0 Å². The van der Waals surface area contributed by atoms with Crippen molar-refractivity contribution >= 4 is 49.4 Å². The molecule has 1 aliphatic rings. The van der Waals surface area contributed by atoms with Crippen LogP contribution in [-0.2, 0) is 11.3 Å². The van der Waals surface area contributed by atoms with Crippen LogP contribution in [0.4, 0.5) is 5.69 Å². The highest BCUT2D eigenvalue weighted by atomic mass is 79.9. The van der Waals surface area contributed by atoms with E-state index < -0.39 is 5.97 Å². The average Bonchev–Trinajstić information content (AvgIpc) is 2.71. The van der Waals surface area contributed by atoms with E-state index in [1.54, 1.807) is 24.3 Å². The lowest BCUT2D eigenvalue weighted by Gasteiger charge is -2.32. The molecule has 1 amide bonds. The molecule has 0 spiro atoms. The van der Waals surface area contributed by atoms with Crippen molar-refractivity contribution in [2.24, 2.45) is 0 Å². The maximum atomic E-state index is 12.9. The number of ether oxygens (including phenoxy) is 1. The van der Waals surface area contributed by atoms with Crippen molar-refractivity contribution in [1.82, 2.24) is 4.90 Å². The Hall–Kier alpha value is -1.70. The molecule has 0 atom stereocenters. The highest BCUT2D eigenvalue weighted by molar-refractivity contribution is 9.11. The number of nitrogens with zero attached hydrogens (tertiary/aromatic N) is 1. The number of amides is 1. The van der Waals surface area contributed by atoms with Crippen molar-refractivity contribution < 1.29 is 14.3 Å². The minimum absolute atomic E-state index is 0.214. The second kappa shape index (κ2) is 10.6. The van der Waals surface area contributed by atoms with Crippen LogP contribution in [0.5, 0.6) is 5.75 Å². The molecule has 1 aliphatic carbocycles. The van der Waals surface area contributed by atoms with E-state index in [9.17, 15) is 9.59 Å². The van der Waals surface area contributed by atoms with Gasteiger partial charge in [0.25, 0.3) is 5.91 Å². The Kier molecular flexibility index (Phi) is 8.08. The molecule has 2 aromatic rings. The second-order valence-electron chi connectivity index (χ2n) is 7.70. The van der Waals surface area contributed by atoms with Gasteiger partial charge in [-0.05, 0) is 77.8 Å². The normalized spacial score (nSPS) is 14.6.